The van der Waals surface area contributed by atoms with Gasteiger partial charge in [0.1, 0.15) is 6.29 Å². The third-order valence-corrected chi connectivity index (χ3v) is 2.78. The molecule has 1 heterocycles. The highest BCUT2D eigenvalue weighted by atomic mass is 16.5. The van der Waals surface area contributed by atoms with E-state index in [9.17, 15) is 9.59 Å². The van der Waals surface area contributed by atoms with Crippen molar-refractivity contribution in [3.8, 4) is 17.1 Å². The van der Waals surface area contributed by atoms with Crippen LogP contribution in [0.15, 0.2) is 24.3 Å². The van der Waals surface area contributed by atoms with E-state index in [0.717, 1.165) is 6.29 Å². The minimum Gasteiger partial charge on any atom is -0.491 e. The van der Waals surface area contributed by atoms with Gasteiger partial charge >= 0.3 is 5.97 Å². The minimum atomic E-state index is -0.674. The summed E-state index contributed by atoms with van der Waals surface area (Å²) in [6, 6.07) is 6.55. The maximum Gasteiger partial charge on any atom is 0.360 e. The van der Waals surface area contributed by atoms with E-state index >= 15 is 0 Å². The summed E-state index contributed by atoms with van der Waals surface area (Å²) in [7, 11) is 2.60. The molecule has 0 aliphatic carbocycles. The second-order valence-corrected chi connectivity index (χ2v) is 4.05. The molecule has 2 N–H and O–H groups in total. The number of nitrogen functional groups attached to an aromatic ring is 1. The van der Waals surface area contributed by atoms with Crippen LogP contribution in [0.3, 0.4) is 0 Å². The molecule has 0 saturated carbocycles. The Morgan fingerprint density at radius 1 is 1.19 bits per heavy atom. The van der Waals surface area contributed by atoms with Gasteiger partial charge in [-0.25, -0.2) is 14.8 Å². The average Bonchev–Trinajstić information content (AvgIpc) is 2.53. The van der Waals surface area contributed by atoms with Crippen LogP contribution in [0, 0.1) is 0 Å². The first kappa shape index (κ1) is 14.4. The van der Waals surface area contributed by atoms with Gasteiger partial charge in [-0.05, 0) is 0 Å². The molecule has 7 heteroatoms. The fraction of sp³-hybridized carbons (Fsp3) is 0.143. The highest BCUT2D eigenvalue weighted by Crippen LogP contribution is 2.27. The van der Waals surface area contributed by atoms with Crippen molar-refractivity contribution in [2.24, 2.45) is 0 Å². The second kappa shape index (κ2) is 6.00. The molecule has 2 rings (SSSR count). The molecule has 0 fully saturated rings. The first-order chi connectivity index (χ1) is 10.1. The molecule has 0 saturated heterocycles. The minimum absolute atomic E-state index is 0.0300. The van der Waals surface area contributed by atoms with Crippen LogP contribution in [0.4, 0.5) is 5.82 Å². The van der Waals surface area contributed by atoms with Gasteiger partial charge in [0.05, 0.1) is 14.2 Å². The van der Waals surface area contributed by atoms with E-state index < -0.39 is 5.97 Å². The number of carbonyl (C=O) groups is 2. The van der Waals surface area contributed by atoms with Gasteiger partial charge in [0, 0.05) is 11.1 Å². The monoisotopic (exact) mass is 287 g/mol. The van der Waals surface area contributed by atoms with Crippen LogP contribution in [0.5, 0.6) is 5.75 Å². The predicted molar refractivity (Wildman–Crippen MR) is 75.2 cm³/mol. The Hall–Kier alpha value is -2.96. The van der Waals surface area contributed by atoms with Crippen molar-refractivity contribution in [2.75, 3.05) is 20.0 Å². The molecule has 7 nitrogen and oxygen atoms in total. The number of benzene rings is 1. The molecule has 0 unspecified atom stereocenters. The van der Waals surface area contributed by atoms with Crippen LogP contribution in [0.2, 0.25) is 0 Å². The highest BCUT2D eigenvalue weighted by molar-refractivity contribution is 5.92. The van der Waals surface area contributed by atoms with Crippen molar-refractivity contribution < 1.29 is 19.1 Å². The predicted octanol–water partition coefficient (Wildman–Crippen LogP) is 1.33. The van der Waals surface area contributed by atoms with Crippen molar-refractivity contribution in [3.05, 3.63) is 35.5 Å². The molecular weight excluding hydrogens is 274 g/mol. The SMILES string of the molecule is COC(=O)c1nc(-c2ccc(C=O)cc2)nc(N)c1OC. The molecule has 1 aromatic carbocycles. The van der Waals surface area contributed by atoms with Crippen molar-refractivity contribution in [3.63, 3.8) is 0 Å². The lowest BCUT2D eigenvalue weighted by molar-refractivity contribution is 0.0590. The van der Waals surface area contributed by atoms with E-state index in [-0.39, 0.29) is 23.1 Å². The van der Waals surface area contributed by atoms with Crippen LogP contribution in [0.25, 0.3) is 11.4 Å². The number of methoxy groups -OCH3 is 2. The summed E-state index contributed by atoms with van der Waals surface area (Å²) in [5.74, 6) is -0.338. The second-order valence-electron chi connectivity index (χ2n) is 4.05. The van der Waals surface area contributed by atoms with E-state index in [1.807, 2.05) is 0 Å². The zero-order valence-electron chi connectivity index (χ0n) is 11.5. The zero-order chi connectivity index (χ0) is 15.4. The van der Waals surface area contributed by atoms with Crippen molar-refractivity contribution in [2.45, 2.75) is 0 Å². The molecule has 108 valence electrons. The van der Waals surface area contributed by atoms with E-state index in [2.05, 4.69) is 14.7 Å². The summed E-state index contributed by atoms with van der Waals surface area (Å²) in [5, 5.41) is 0. The van der Waals surface area contributed by atoms with Crippen molar-refractivity contribution in [1.29, 1.82) is 0 Å². The van der Waals surface area contributed by atoms with Crippen LogP contribution in [0.1, 0.15) is 20.8 Å². The number of anilines is 1. The molecule has 0 bridgehead atoms. The Balaban J connectivity index is 2.56. The summed E-state index contributed by atoms with van der Waals surface area (Å²) in [4.78, 5) is 30.6. The van der Waals surface area contributed by atoms with Gasteiger partial charge in [-0.3, -0.25) is 4.79 Å². The lowest BCUT2D eigenvalue weighted by Crippen LogP contribution is -2.11. The first-order valence-corrected chi connectivity index (χ1v) is 5.96. The third-order valence-electron chi connectivity index (χ3n) is 2.78. The molecule has 21 heavy (non-hydrogen) atoms. The highest BCUT2D eigenvalue weighted by Gasteiger charge is 2.20. The summed E-state index contributed by atoms with van der Waals surface area (Å²) < 4.78 is 9.68. The molecular formula is C14H13N3O4. The summed E-state index contributed by atoms with van der Waals surface area (Å²) in [6.45, 7) is 0. The lowest BCUT2D eigenvalue weighted by Gasteiger charge is -2.10. The Labute approximate surface area is 120 Å². The molecule has 1 aromatic heterocycles. The number of hydrogen-bond donors (Lipinski definition) is 1. The third kappa shape index (κ3) is 2.81. The van der Waals surface area contributed by atoms with Crippen molar-refractivity contribution in [1.82, 2.24) is 9.97 Å². The fourth-order valence-corrected chi connectivity index (χ4v) is 1.74. The van der Waals surface area contributed by atoms with Crippen molar-refractivity contribution >= 4 is 18.1 Å². The van der Waals surface area contributed by atoms with Gasteiger partial charge < -0.3 is 15.2 Å². The average molecular weight is 287 g/mol. The molecule has 0 radical (unpaired) electrons. The zero-order valence-corrected chi connectivity index (χ0v) is 11.5. The van der Waals surface area contributed by atoms with E-state index in [1.165, 1.54) is 14.2 Å². The van der Waals surface area contributed by atoms with Gasteiger partial charge in [0.2, 0.25) is 0 Å². The lowest BCUT2D eigenvalue weighted by atomic mass is 10.1. The van der Waals surface area contributed by atoms with E-state index in [1.54, 1.807) is 24.3 Å². The fourth-order valence-electron chi connectivity index (χ4n) is 1.74. The number of nitrogens with two attached hydrogens (primary N) is 1. The van der Waals surface area contributed by atoms with Gasteiger partial charge in [0.25, 0.3) is 0 Å². The molecule has 0 aliphatic rings. The van der Waals surface area contributed by atoms with Crippen LogP contribution < -0.4 is 10.5 Å². The number of nitrogens with zero attached hydrogens (tertiary/aromatic N) is 2. The van der Waals surface area contributed by atoms with Crippen LogP contribution in [-0.4, -0.2) is 36.4 Å². The Morgan fingerprint density at radius 2 is 1.86 bits per heavy atom. The molecule has 0 atom stereocenters. The summed E-state index contributed by atoms with van der Waals surface area (Å²) >= 11 is 0. The Bertz CT molecular complexity index is 683. The maximum absolute atomic E-state index is 11.7. The first-order valence-electron chi connectivity index (χ1n) is 5.96. The number of esters is 1. The van der Waals surface area contributed by atoms with Gasteiger partial charge in [-0.15, -0.1) is 0 Å². The van der Waals surface area contributed by atoms with Gasteiger partial charge in [0.15, 0.2) is 23.1 Å². The van der Waals surface area contributed by atoms with Gasteiger partial charge in [-0.1, -0.05) is 24.3 Å². The smallest absolute Gasteiger partial charge is 0.360 e. The Kier molecular flexibility index (Phi) is 4.13. The van der Waals surface area contributed by atoms with E-state index in [4.69, 9.17) is 10.5 Å². The molecule has 2 aromatic rings. The largest absolute Gasteiger partial charge is 0.491 e. The van der Waals surface area contributed by atoms with E-state index in [0.29, 0.717) is 11.1 Å². The van der Waals surface area contributed by atoms with Crippen LogP contribution in [-0.2, 0) is 4.74 Å². The number of aldehydes is 1. The molecule has 0 amide bonds. The Morgan fingerprint density at radius 3 is 2.38 bits per heavy atom. The molecule has 0 spiro atoms. The number of hydrogen-bond acceptors (Lipinski definition) is 7. The normalized spacial score (nSPS) is 10.0. The topological polar surface area (TPSA) is 104 Å². The van der Waals surface area contributed by atoms with Crippen LogP contribution >= 0.6 is 0 Å². The maximum atomic E-state index is 11.7. The number of aromatic nitrogens is 2. The number of ether oxygens (including phenoxy) is 2. The quantitative estimate of drug-likeness (QED) is 0.668. The van der Waals surface area contributed by atoms with Gasteiger partial charge in [-0.2, -0.15) is 0 Å². The standard InChI is InChI=1S/C14H13N3O4/c1-20-11-10(14(19)21-2)16-13(17-12(11)15)9-5-3-8(7-18)4-6-9/h3-7H,1-2H3,(H2,15,16,17). The number of rotatable bonds is 4. The summed E-state index contributed by atoms with van der Waals surface area (Å²) in [5.41, 5.74) is 6.86. The number of carbonyl (C=O) groups excluding carboxylic acids is 2. The molecule has 0 aliphatic heterocycles. The summed E-state index contributed by atoms with van der Waals surface area (Å²) in [6.07, 6.45) is 0.729.